The Morgan fingerprint density at radius 1 is 1.07 bits per heavy atom. The van der Waals surface area contributed by atoms with E-state index in [-0.39, 0.29) is 0 Å². The van der Waals surface area contributed by atoms with E-state index in [0.29, 0.717) is 16.7 Å². The highest BCUT2D eigenvalue weighted by Crippen LogP contribution is 2.23. The second-order valence-corrected chi connectivity index (χ2v) is 3.55. The minimum Gasteiger partial charge on any atom is -0.285 e. The fourth-order valence-electron chi connectivity index (χ4n) is 1.68. The average Bonchev–Trinajstić information content (AvgIpc) is 2.25. The van der Waals surface area contributed by atoms with Crippen molar-refractivity contribution in [1.82, 2.24) is 0 Å². The summed E-state index contributed by atoms with van der Waals surface area (Å²) in [6, 6.07) is 9.20. The van der Waals surface area contributed by atoms with Crippen LogP contribution < -0.4 is 10.9 Å². The molecule has 0 atom stereocenters. The standard InChI is InChI=1S/C13H10O2/c1-8(2)10-11(13(15)12(10)14)9-6-4-3-5-7-9/h3-7H,1H2,2H3. The van der Waals surface area contributed by atoms with Crippen LogP contribution in [0, 0.1) is 0 Å². The molecule has 2 aromatic rings. The molecule has 0 saturated carbocycles. The van der Waals surface area contributed by atoms with E-state index in [0.717, 1.165) is 5.56 Å². The van der Waals surface area contributed by atoms with Crippen molar-refractivity contribution in [3.8, 4) is 11.1 Å². The quantitative estimate of drug-likeness (QED) is 0.691. The predicted molar refractivity (Wildman–Crippen MR) is 61.5 cm³/mol. The van der Waals surface area contributed by atoms with Crippen molar-refractivity contribution in [3.63, 3.8) is 0 Å². The van der Waals surface area contributed by atoms with Crippen LogP contribution >= 0.6 is 0 Å². The summed E-state index contributed by atoms with van der Waals surface area (Å²) in [6.45, 7) is 5.45. The van der Waals surface area contributed by atoms with E-state index in [9.17, 15) is 9.59 Å². The van der Waals surface area contributed by atoms with E-state index >= 15 is 0 Å². The Bertz CT molecular complexity index is 585. The van der Waals surface area contributed by atoms with Gasteiger partial charge < -0.3 is 0 Å². The van der Waals surface area contributed by atoms with Crippen LogP contribution in [-0.4, -0.2) is 0 Å². The van der Waals surface area contributed by atoms with Crippen molar-refractivity contribution in [2.75, 3.05) is 0 Å². The van der Waals surface area contributed by atoms with Crippen molar-refractivity contribution in [1.29, 1.82) is 0 Å². The predicted octanol–water partition coefficient (Wildman–Crippen LogP) is 1.98. The molecule has 0 fully saturated rings. The third-order valence-corrected chi connectivity index (χ3v) is 2.40. The van der Waals surface area contributed by atoms with Crippen LogP contribution in [0.3, 0.4) is 0 Å². The Balaban J connectivity index is 2.66. The van der Waals surface area contributed by atoms with E-state index in [2.05, 4.69) is 6.58 Å². The first-order chi connectivity index (χ1) is 7.13. The van der Waals surface area contributed by atoms with Crippen molar-refractivity contribution >= 4 is 5.57 Å². The monoisotopic (exact) mass is 198 g/mol. The van der Waals surface area contributed by atoms with E-state index in [4.69, 9.17) is 0 Å². The summed E-state index contributed by atoms with van der Waals surface area (Å²) in [5.74, 6) is 0. The maximum Gasteiger partial charge on any atom is 0.234 e. The molecule has 0 spiro atoms. The third-order valence-electron chi connectivity index (χ3n) is 2.40. The first-order valence-corrected chi connectivity index (χ1v) is 4.67. The molecule has 15 heavy (non-hydrogen) atoms. The number of allylic oxidation sites excluding steroid dienone is 1. The second kappa shape index (κ2) is 3.31. The molecule has 2 nitrogen and oxygen atoms in total. The Morgan fingerprint density at radius 2 is 1.67 bits per heavy atom. The van der Waals surface area contributed by atoms with Gasteiger partial charge in [-0.15, -0.1) is 0 Å². The molecule has 2 rings (SSSR count). The van der Waals surface area contributed by atoms with Crippen LogP contribution in [0.5, 0.6) is 0 Å². The van der Waals surface area contributed by atoms with Crippen molar-refractivity contribution in [2.24, 2.45) is 0 Å². The Hall–Kier alpha value is -1.96. The van der Waals surface area contributed by atoms with Gasteiger partial charge in [0.1, 0.15) is 0 Å². The zero-order valence-electron chi connectivity index (χ0n) is 8.41. The molecule has 0 aliphatic carbocycles. The lowest BCUT2D eigenvalue weighted by molar-refractivity contribution is 1.35. The zero-order valence-corrected chi connectivity index (χ0v) is 8.41. The molecule has 2 heteroatoms. The number of benzene rings is 1. The number of hydrogen-bond acceptors (Lipinski definition) is 2. The molecular formula is C13H10O2. The van der Waals surface area contributed by atoms with Gasteiger partial charge in [-0.1, -0.05) is 36.9 Å². The molecular weight excluding hydrogens is 188 g/mol. The lowest BCUT2D eigenvalue weighted by Gasteiger charge is -2.10. The maximum atomic E-state index is 11.4. The minimum atomic E-state index is -0.415. The molecule has 0 unspecified atom stereocenters. The highest BCUT2D eigenvalue weighted by Gasteiger charge is 2.21. The molecule has 0 heterocycles. The lowest BCUT2D eigenvalue weighted by atomic mass is 9.90. The first kappa shape index (κ1) is 9.59. The summed E-state index contributed by atoms with van der Waals surface area (Å²) in [7, 11) is 0. The van der Waals surface area contributed by atoms with Crippen LogP contribution in [0.1, 0.15) is 12.5 Å². The van der Waals surface area contributed by atoms with Crippen molar-refractivity contribution in [3.05, 3.63) is 62.9 Å². The zero-order chi connectivity index (χ0) is 11.0. The summed E-state index contributed by atoms with van der Waals surface area (Å²) in [4.78, 5) is 22.7. The molecule has 74 valence electrons. The van der Waals surface area contributed by atoms with Gasteiger partial charge in [-0.2, -0.15) is 0 Å². The molecule has 0 saturated heterocycles. The molecule has 2 aromatic carbocycles. The van der Waals surface area contributed by atoms with Crippen LogP contribution in [-0.2, 0) is 0 Å². The van der Waals surface area contributed by atoms with Gasteiger partial charge in [0.15, 0.2) is 0 Å². The summed E-state index contributed by atoms with van der Waals surface area (Å²) in [6.07, 6.45) is 0. The fourth-order valence-corrected chi connectivity index (χ4v) is 1.68. The van der Waals surface area contributed by atoms with Crippen LogP contribution in [0.4, 0.5) is 0 Å². The minimum absolute atomic E-state index is 0.404. The molecule has 0 bridgehead atoms. The van der Waals surface area contributed by atoms with Crippen molar-refractivity contribution < 1.29 is 0 Å². The molecule has 0 amide bonds. The molecule has 0 aliphatic heterocycles. The van der Waals surface area contributed by atoms with E-state index in [1.807, 2.05) is 30.3 Å². The number of rotatable bonds is 2. The van der Waals surface area contributed by atoms with Gasteiger partial charge in [0.05, 0.1) is 0 Å². The Morgan fingerprint density at radius 3 is 2.20 bits per heavy atom. The largest absolute Gasteiger partial charge is 0.285 e. The Labute approximate surface area is 87.2 Å². The first-order valence-electron chi connectivity index (χ1n) is 4.67. The SMILES string of the molecule is C=C(C)c1c(-c2ccccc2)c(=O)c1=O. The van der Waals surface area contributed by atoms with E-state index in [1.165, 1.54) is 0 Å². The smallest absolute Gasteiger partial charge is 0.234 e. The molecule has 0 radical (unpaired) electrons. The molecule has 0 N–H and O–H groups in total. The van der Waals surface area contributed by atoms with Crippen LogP contribution in [0.15, 0.2) is 46.5 Å². The van der Waals surface area contributed by atoms with Gasteiger partial charge in [-0.3, -0.25) is 9.59 Å². The van der Waals surface area contributed by atoms with Gasteiger partial charge in [0.25, 0.3) is 0 Å². The third kappa shape index (κ3) is 1.34. The highest BCUT2D eigenvalue weighted by atomic mass is 16.2. The summed E-state index contributed by atoms with van der Waals surface area (Å²) >= 11 is 0. The van der Waals surface area contributed by atoms with Gasteiger partial charge in [0.2, 0.25) is 10.9 Å². The summed E-state index contributed by atoms with van der Waals surface area (Å²) in [5.41, 5.74) is 1.61. The summed E-state index contributed by atoms with van der Waals surface area (Å²) < 4.78 is 0. The van der Waals surface area contributed by atoms with Gasteiger partial charge in [-0.05, 0) is 18.1 Å². The number of hydrogen-bond donors (Lipinski definition) is 0. The van der Waals surface area contributed by atoms with E-state index < -0.39 is 10.9 Å². The summed E-state index contributed by atoms with van der Waals surface area (Å²) in [5, 5.41) is 0. The van der Waals surface area contributed by atoms with Crippen LogP contribution in [0.25, 0.3) is 16.7 Å². The Kier molecular flexibility index (Phi) is 2.12. The molecule has 0 aromatic heterocycles. The van der Waals surface area contributed by atoms with Gasteiger partial charge in [-0.25, -0.2) is 0 Å². The van der Waals surface area contributed by atoms with Crippen LogP contribution in [0.2, 0.25) is 0 Å². The topological polar surface area (TPSA) is 34.1 Å². The second-order valence-electron chi connectivity index (χ2n) is 3.55. The fraction of sp³-hybridized carbons (Fsp3) is 0.0769. The maximum absolute atomic E-state index is 11.4. The lowest BCUT2D eigenvalue weighted by Crippen LogP contribution is -2.36. The van der Waals surface area contributed by atoms with Crippen molar-refractivity contribution in [2.45, 2.75) is 6.92 Å². The molecule has 0 aliphatic rings. The average molecular weight is 198 g/mol. The normalized spacial score (nSPS) is 10.5. The highest BCUT2D eigenvalue weighted by molar-refractivity contribution is 5.82. The van der Waals surface area contributed by atoms with Gasteiger partial charge in [0, 0.05) is 11.1 Å². The van der Waals surface area contributed by atoms with Gasteiger partial charge >= 0.3 is 0 Å². The van der Waals surface area contributed by atoms with E-state index in [1.54, 1.807) is 6.92 Å².